The quantitative estimate of drug-likeness (QED) is 0.0507. The molecule has 0 spiro atoms. The summed E-state index contributed by atoms with van der Waals surface area (Å²) in [6.07, 6.45) is 7.86. The van der Waals surface area contributed by atoms with Gasteiger partial charge in [0.2, 0.25) is 0 Å². The van der Waals surface area contributed by atoms with Gasteiger partial charge in [-0.05, 0) is 24.7 Å². The van der Waals surface area contributed by atoms with Crippen LogP contribution in [0.2, 0.25) is 0 Å². The predicted octanol–water partition coefficient (Wildman–Crippen LogP) is 3.49. The van der Waals surface area contributed by atoms with Crippen molar-refractivity contribution in [1.82, 2.24) is 0 Å². The molecule has 6 N–H and O–H groups in total. The van der Waals surface area contributed by atoms with Gasteiger partial charge in [-0.2, -0.15) is 8.42 Å². The van der Waals surface area contributed by atoms with E-state index >= 15 is 0 Å². The van der Waals surface area contributed by atoms with Crippen LogP contribution in [0.25, 0.3) is 0 Å². The second-order valence-corrected chi connectivity index (χ2v) is 11.5. The van der Waals surface area contributed by atoms with E-state index in [1.165, 1.54) is 0 Å². The Kier molecular flexibility index (Phi) is 44.8. The Morgan fingerprint density at radius 2 is 0.939 bits per heavy atom. The molecular formula is C30H55NaO17S. The fourth-order valence-corrected chi connectivity index (χ4v) is 3.62. The van der Waals surface area contributed by atoms with E-state index in [1.807, 2.05) is 13.8 Å². The molecule has 0 saturated carbocycles. The van der Waals surface area contributed by atoms with Gasteiger partial charge in [0.15, 0.2) is 5.25 Å². The SMILES string of the molecule is CC(=O)O.CC(=O)O.CC(=O)O.CCCCC(CC)COC(=O)CC(C(=O)OCC(CC)CCCC)S(=O)(=O)O.O=C(O)/C=C\C(=O)O.[NaH]. The zero-order valence-corrected chi connectivity index (χ0v) is 29.6. The number of carboxylic acids is 5. The van der Waals surface area contributed by atoms with E-state index in [0.717, 1.165) is 72.1 Å². The number of rotatable bonds is 18. The minimum absolute atomic E-state index is 0. The summed E-state index contributed by atoms with van der Waals surface area (Å²) in [6.45, 7) is 11.6. The van der Waals surface area contributed by atoms with E-state index in [1.54, 1.807) is 0 Å². The molecule has 284 valence electrons. The summed E-state index contributed by atoms with van der Waals surface area (Å²) < 4.78 is 42.8. The number of aliphatic carboxylic acids is 5. The minimum atomic E-state index is -4.76. The molecule has 0 rings (SSSR count). The molecule has 0 aliphatic rings. The van der Waals surface area contributed by atoms with Crippen LogP contribution < -0.4 is 0 Å². The molecule has 0 aromatic heterocycles. The molecule has 0 heterocycles. The van der Waals surface area contributed by atoms with Gasteiger partial charge < -0.3 is 35.0 Å². The van der Waals surface area contributed by atoms with Crippen molar-refractivity contribution >= 4 is 81.5 Å². The molecular weight excluding hydrogens is 687 g/mol. The summed E-state index contributed by atoms with van der Waals surface area (Å²) in [5.41, 5.74) is 0. The van der Waals surface area contributed by atoms with Crippen LogP contribution in [0.5, 0.6) is 0 Å². The van der Waals surface area contributed by atoms with E-state index in [0.29, 0.717) is 12.2 Å². The van der Waals surface area contributed by atoms with Gasteiger partial charge in [-0.3, -0.25) is 28.5 Å². The molecule has 0 bridgehead atoms. The maximum atomic E-state index is 12.2. The monoisotopic (exact) mass is 742 g/mol. The van der Waals surface area contributed by atoms with Crippen molar-refractivity contribution in [2.24, 2.45) is 11.8 Å². The Bertz CT molecular complexity index is 1020. The van der Waals surface area contributed by atoms with Crippen molar-refractivity contribution in [2.45, 2.75) is 112 Å². The molecule has 0 aliphatic carbocycles. The molecule has 0 radical (unpaired) electrons. The average Bonchev–Trinajstić information content (AvgIpc) is 2.93. The molecule has 49 heavy (non-hydrogen) atoms. The van der Waals surface area contributed by atoms with Crippen LogP contribution in [0.1, 0.15) is 106 Å². The van der Waals surface area contributed by atoms with Crippen molar-refractivity contribution < 1.29 is 81.5 Å². The molecule has 0 fully saturated rings. The second kappa shape index (κ2) is 37.8. The van der Waals surface area contributed by atoms with E-state index in [9.17, 15) is 32.1 Å². The Morgan fingerprint density at radius 3 is 1.18 bits per heavy atom. The first kappa shape index (κ1) is 58.2. The summed E-state index contributed by atoms with van der Waals surface area (Å²) in [6, 6.07) is 0. The number of hydrogen-bond acceptors (Lipinski definition) is 11. The molecule has 3 atom stereocenters. The third-order valence-corrected chi connectivity index (χ3v) is 6.45. The van der Waals surface area contributed by atoms with Gasteiger partial charge in [0.25, 0.3) is 28.0 Å². The molecule has 0 aliphatic heterocycles. The molecule has 0 saturated heterocycles. The van der Waals surface area contributed by atoms with Crippen LogP contribution in [0.15, 0.2) is 12.2 Å². The van der Waals surface area contributed by atoms with Crippen molar-refractivity contribution in [3.05, 3.63) is 12.2 Å². The van der Waals surface area contributed by atoms with Gasteiger partial charge in [-0.25, -0.2) is 9.59 Å². The first-order chi connectivity index (χ1) is 22.0. The average molecular weight is 743 g/mol. The normalized spacial score (nSPS) is 11.6. The second-order valence-electron chi connectivity index (χ2n) is 9.92. The maximum absolute atomic E-state index is 12.2. The van der Waals surface area contributed by atoms with Gasteiger partial charge in [0, 0.05) is 32.9 Å². The topological polar surface area (TPSA) is 293 Å². The van der Waals surface area contributed by atoms with Crippen LogP contribution in [-0.2, 0) is 53.2 Å². The summed E-state index contributed by atoms with van der Waals surface area (Å²) in [5.74, 6) is -6.62. The van der Waals surface area contributed by atoms with Crippen LogP contribution in [-0.4, -0.2) is 128 Å². The van der Waals surface area contributed by atoms with Crippen LogP contribution in [0.4, 0.5) is 0 Å². The Balaban J connectivity index is -0.000000178. The Labute approximate surface area is 310 Å². The molecule has 3 unspecified atom stereocenters. The number of carbonyl (C=O) groups is 7. The van der Waals surface area contributed by atoms with Crippen molar-refractivity contribution in [2.75, 3.05) is 13.2 Å². The van der Waals surface area contributed by atoms with Crippen LogP contribution in [0, 0.1) is 11.8 Å². The number of carboxylic acid groups (broad SMARTS) is 5. The molecule has 0 amide bonds. The molecule has 0 aromatic rings. The van der Waals surface area contributed by atoms with Gasteiger partial charge in [-0.1, -0.05) is 66.2 Å². The number of esters is 2. The fraction of sp³-hybridized carbons (Fsp3) is 0.700. The molecule has 19 heteroatoms. The van der Waals surface area contributed by atoms with E-state index in [2.05, 4.69) is 13.8 Å². The third kappa shape index (κ3) is 57.6. The Hall–Kier alpha value is -3.06. The Morgan fingerprint density at radius 1 is 0.633 bits per heavy atom. The van der Waals surface area contributed by atoms with Gasteiger partial charge in [0.1, 0.15) is 0 Å². The van der Waals surface area contributed by atoms with E-state index in [4.69, 9.17) is 49.4 Å². The molecule has 0 aromatic carbocycles. The zero-order chi connectivity index (χ0) is 38.9. The summed E-state index contributed by atoms with van der Waals surface area (Å²) in [4.78, 5) is 70.3. The third-order valence-electron chi connectivity index (χ3n) is 5.37. The van der Waals surface area contributed by atoms with Crippen molar-refractivity contribution in [1.29, 1.82) is 0 Å². The summed E-state index contributed by atoms with van der Waals surface area (Å²) in [5, 5.41) is 35.9. The fourth-order valence-electron chi connectivity index (χ4n) is 2.96. The number of unbranched alkanes of at least 4 members (excludes halogenated alkanes) is 2. The van der Waals surface area contributed by atoms with E-state index < -0.39 is 63.6 Å². The van der Waals surface area contributed by atoms with Gasteiger partial charge in [0.05, 0.1) is 19.6 Å². The zero-order valence-electron chi connectivity index (χ0n) is 28.7. The van der Waals surface area contributed by atoms with Crippen molar-refractivity contribution in [3.63, 3.8) is 0 Å². The summed E-state index contributed by atoms with van der Waals surface area (Å²) in [7, 11) is -4.76. The summed E-state index contributed by atoms with van der Waals surface area (Å²) >= 11 is 0. The van der Waals surface area contributed by atoms with Crippen LogP contribution in [0.3, 0.4) is 0 Å². The predicted molar refractivity (Wildman–Crippen MR) is 180 cm³/mol. The number of carbonyl (C=O) groups excluding carboxylic acids is 2. The van der Waals surface area contributed by atoms with Gasteiger partial charge in [-0.15, -0.1) is 0 Å². The van der Waals surface area contributed by atoms with Crippen LogP contribution >= 0.6 is 0 Å². The number of ether oxygens (including phenoxy) is 2. The van der Waals surface area contributed by atoms with Crippen molar-refractivity contribution in [3.8, 4) is 0 Å². The first-order valence-electron chi connectivity index (χ1n) is 15.0. The number of hydrogen-bond donors (Lipinski definition) is 6. The van der Waals surface area contributed by atoms with Gasteiger partial charge >= 0.3 is 53.4 Å². The first-order valence-corrected chi connectivity index (χ1v) is 16.5. The van der Waals surface area contributed by atoms with E-state index in [-0.39, 0.29) is 54.6 Å². The standard InChI is InChI=1S/C20H38O7S.C4H4O4.3C2H4O2.Na.H/c1-5-9-11-16(7-3)14-26-19(21)13-18(28(23,24)25)20(22)27-15-17(8-4)12-10-6-2;5-3(6)1-2-4(7)8;3*1-2(3)4;;/h16-18H,5-15H2,1-4H3,(H,23,24,25);1-2H,(H,5,6)(H,7,8);3*1H3,(H,3,4);;/b;2-1-;;;;;. The molecule has 17 nitrogen and oxygen atoms in total.